The first kappa shape index (κ1) is 14.7. The first-order valence-electron chi connectivity index (χ1n) is 6.86. The van der Waals surface area contributed by atoms with Gasteiger partial charge in [-0.15, -0.1) is 5.10 Å². The lowest BCUT2D eigenvalue weighted by Crippen LogP contribution is -2.49. The number of aromatic nitrogens is 3. The van der Waals surface area contributed by atoms with Crippen LogP contribution in [0.25, 0.3) is 0 Å². The first-order valence-corrected chi connectivity index (χ1v) is 6.86. The van der Waals surface area contributed by atoms with Crippen LogP contribution in [0.1, 0.15) is 24.6 Å². The Labute approximate surface area is 118 Å². The predicted octanol–water partition coefficient (Wildman–Crippen LogP) is 1.71. The first-order chi connectivity index (χ1) is 9.97. The van der Waals surface area contributed by atoms with E-state index < -0.39 is 18.8 Å². The average molecular weight is 308 g/mol. The van der Waals surface area contributed by atoms with Crippen molar-refractivity contribution < 1.29 is 22.3 Å². The minimum absolute atomic E-state index is 0.0222. The molecular weight excluding hydrogens is 292 g/mol. The largest absolute Gasteiger partial charge is 0.370 e. The summed E-state index contributed by atoms with van der Waals surface area (Å²) < 4.78 is 57.8. The highest BCUT2D eigenvalue weighted by Crippen LogP contribution is 2.32. The third-order valence-electron chi connectivity index (χ3n) is 4.09. The molecule has 1 aromatic rings. The Morgan fingerprint density at radius 2 is 2.24 bits per heavy atom. The summed E-state index contributed by atoms with van der Waals surface area (Å²) >= 11 is 0. The minimum Gasteiger partial charge on any atom is -0.370 e. The summed E-state index contributed by atoms with van der Waals surface area (Å²) in [6.07, 6.45) is -2.20. The van der Waals surface area contributed by atoms with Gasteiger partial charge in [0.15, 0.2) is 0 Å². The Hall–Kier alpha value is -1.22. The van der Waals surface area contributed by atoms with Crippen molar-refractivity contribution in [1.29, 1.82) is 0 Å². The fourth-order valence-electron chi connectivity index (χ4n) is 2.86. The summed E-state index contributed by atoms with van der Waals surface area (Å²) in [5.74, 6) is -3.93. The van der Waals surface area contributed by atoms with Crippen LogP contribution in [-0.4, -0.2) is 58.0 Å². The van der Waals surface area contributed by atoms with E-state index >= 15 is 0 Å². The van der Waals surface area contributed by atoms with Gasteiger partial charge in [-0.25, -0.2) is 22.2 Å². The number of halogens is 4. The van der Waals surface area contributed by atoms with Crippen LogP contribution in [-0.2, 0) is 11.3 Å². The number of hydrogen-bond donors (Lipinski definition) is 0. The zero-order valence-electron chi connectivity index (χ0n) is 11.3. The second-order valence-electron chi connectivity index (χ2n) is 5.49. The van der Waals surface area contributed by atoms with Gasteiger partial charge in [-0.05, 0) is 6.42 Å². The Balaban J connectivity index is 1.62. The lowest BCUT2D eigenvalue weighted by atomic mass is 10.00. The van der Waals surface area contributed by atoms with E-state index in [0.717, 1.165) is 5.69 Å². The second-order valence-corrected chi connectivity index (χ2v) is 5.49. The topological polar surface area (TPSA) is 43.2 Å². The van der Waals surface area contributed by atoms with Gasteiger partial charge in [-0.1, -0.05) is 5.21 Å². The van der Waals surface area contributed by atoms with Gasteiger partial charge >= 0.3 is 12.3 Å². The summed E-state index contributed by atoms with van der Waals surface area (Å²) in [6.45, 7) is 1.40. The lowest BCUT2D eigenvalue weighted by molar-refractivity contribution is -0.138. The summed E-state index contributed by atoms with van der Waals surface area (Å²) in [7, 11) is 0. The zero-order valence-corrected chi connectivity index (χ0v) is 11.3. The maximum absolute atomic E-state index is 13.0. The molecule has 1 saturated heterocycles. The van der Waals surface area contributed by atoms with Gasteiger partial charge in [0.2, 0.25) is 0 Å². The van der Waals surface area contributed by atoms with E-state index in [2.05, 4.69) is 10.3 Å². The van der Waals surface area contributed by atoms with Gasteiger partial charge in [-0.2, -0.15) is 0 Å². The molecule has 118 valence electrons. The highest BCUT2D eigenvalue weighted by molar-refractivity contribution is 5.01. The quantitative estimate of drug-likeness (QED) is 0.794. The van der Waals surface area contributed by atoms with Crippen molar-refractivity contribution >= 4 is 0 Å². The van der Waals surface area contributed by atoms with E-state index in [4.69, 9.17) is 4.74 Å². The summed E-state index contributed by atoms with van der Waals surface area (Å²) in [6, 6.07) is -0.0924. The molecule has 2 aliphatic heterocycles. The lowest BCUT2D eigenvalue weighted by Gasteiger charge is -2.41. The minimum atomic E-state index is -3.93. The second kappa shape index (κ2) is 5.53. The van der Waals surface area contributed by atoms with Gasteiger partial charge in [0, 0.05) is 26.1 Å². The molecule has 0 spiro atoms. The molecule has 0 unspecified atom stereocenters. The van der Waals surface area contributed by atoms with E-state index in [1.165, 1.54) is 0 Å². The van der Waals surface area contributed by atoms with Crippen molar-refractivity contribution in [3.05, 3.63) is 11.9 Å². The van der Waals surface area contributed by atoms with Crippen LogP contribution in [0.3, 0.4) is 0 Å². The molecule has 1 fully saturated rings. The number of alkyl halides is 4. The standard InChI is InChI=1S/C12H16F4N4O/c13-11(14)12(15,16)2-4-19-3-1-10-9(6-19)20-8(7-21-10)5-17-18-20/h5,9-11H,1-4,6-7H2/t9-,10+/m1/s1. The Kier molecular flexibility index (Phi) is 3.87. The van der Waals surface area contributed by atoms with Gasteiger partial charge < -0.3 is 9.64 Å². The SMILES string of the molecule is FC(F)C(F)(F)CCN1CC[C@@H]2OCc3cnnn3[C@@H]2C1. The number of likely N-dealkylation sites (tertiary alicyclic amines) is 1. The van der Waals surface area contributed by atoms with E-state index in [0.29, 0.717) is 26.1 Å². The molecule has 0 amide bonds. The van der Waals surface area contributed by atoms with Crippen LogP contribution in [0.15, 0.2) is 6.20 Å². The summed E-state index contributed by atoms with van der Waals surface area (Å²) in [4.78, 5) is 1.76. The van der Waals surface area contributed by atoms with Crippen LogP contribution in [0.4, 0.5) is 17.6 Å². The number of fused-ring (bicyclic) bond motifs is 3. The maximum Gasteiger partial charge on any atom is 0.308 e. The van der Waals surface area contributed by atoms with Crippen LogP contribution in [0.2, 0.25) is 0 Å². The third-order valence-corrected chi connectivity index (χ3v) is 4.09. The zero-order chi connectivity index (χ0) is 15.0. The smallest absolute Gasteiger partial charge is 0.308 e. The third kappa shape index (κ3) is 2.89. The van der Waals surface area contributed by atoms with Crippen molar-refractivity contribution in [2.75, 3.05) is 19.6 Å². The van der Waals surface area contributed by atoms with Crippen molar-refractivity contribution in [1.82, 2.24) is 19.9 Å². The van der Waals surface area contributed by atoms with E-state index in [9.17, 15) is 17.6 Å². The van der Waals surface area contributed by atoms with Crippen molar-refractivity contribution in [3.63, 3.8) is 0 Å². The molecule has 0 saturated carbocycles. The molecule has 0 bridgehead atoms. The van der Waals surface area contributed by atoms with Gasteiger partial charge in [0.05, 0.1) is 30.6 Å². The number of ether oxygens (including phenoxy) is 1. The van der Waals surface area contributed by atoms with Crippen LogP contribution < -0.4 is 0 Å². The Morgan fingerprint density at radius 3 is 3.00 bits per heavy atom. The number of nitrogens with zero attached hydrogens (tertiary/aromatic N) is 4. The number of hydrogen-bond acceptors (Lipinski definition) is 4. The molecule has 3 heterocycles. The highest BCUT2D eigenvalue weighted by atomic mass is 19.3. The van der Waals surface area contributed by atoms with Crippen LogP contribution in [0, 0.1) is 0 Å². The van der Waals surface area contributed by atoms with Gasteiger partial charge in [0.25, 0.3) is 0 Å². The molecule has 2 aliphatic rings. The molecule has 0 aliphatic carbocycles. The molecule has 1 aromatic heterocycles. The van der Waals surface area contributed by atoms with Crippen molar-refractivity contribution in [3.8, 4) is 0 Å². The molecule has 3 rings (SSSR count). The average Bonchev–Trinajstić information content (AvgIpc) is 2.93. The molecule has 0 radical (unpaired) electrons. The van der Waals surface area contributed by atoms with Crippen LogP contribution in [0.5, 0.6) is 0 Å². The van der Waals surface area contributed by atoms with E-state index in [-0.39, 0.29) is 18.7 Å². The predicted molar refractivity (Wildman–Crippen MR) is 64.3 cm³/mol. The normalized spacial score (nSPS) is 26.7. The monoisotopic (exact) mass is 308 g/mol. The van der Waals surface area contributed by atoms with E-state index in [1.54, 1.807) is 15.8 Å². The summed E-state index contributed by atoms with van der Waals surface area (Å²) in [5.41, 5.74) is 0.844. The number of piperidine rings is 1. The van der Waals surface area contributed by atoms with Crippen molar-refractivity contribution in [2.45, 2.75) is 43.9 Å². The van der Waals surface area contributed by atoms with Crippen LogP contribution >= 0.6 is 0 Å². The Bertz CT molecular complexity index is 495. The molecule has 0 N–H and O–H groups in total. The molecule has 9 heteroatoms. The van der Waals surface area contributed by atoms with Gasteiger partial charge in [-0.3, -0.25) is 0 Å². The van der Waals surface area contributed by atoms with E-state index in [1.807, 2.05) is 0 Å². The maximum atomic E-state index is 13.0. The fourth-order valence-corrected chi connectivity index (χ4v) is 2.86. The molecular formula is C12H16F4N4O. The highest BCUT2D eigenvalue weighted by Gasteiger charge is 2.42. The van der Waals surface area contributed by atoms with Crippen molar-refractivity contribution in [2.24, 2.45) is 0 Å². The molecule has 0 aromatic carbocycles. The molecule has 5 nitrogen and oxygen atoms in total. The Morgan fingerprint density at radius 1 is 1.43 bits per heavy atom. The molecule has 21 heavy (non-hydrogen) atoms. The summed E-state index contributed by atoms with van der Waals surface area (Å²) in [5, 5.41) is 7.83. The fraction of sp³-hybridized carbons (Fsp3) is 0.833. The number of rotatable bonds is 4. The molecule has 2 atom stereocenters. The van der Waals surface area contributed by atoms with Gasteiger partial charge in [0.1, 0.15) is 0 Å².